The Morgan fingerprint density at radius 1 is 0.842 bits per heavy atom. The molecule has 196 valence electrons. The molecule has 2 N–H and O–H groups in total. The molecule has 0 saturated carbocycles. The number of anilines is 2. The Labute approximate surface area is 222 Å². The number of benzene rings is 3. The summed E-state index contributed by atoms with van der Waals surface area (Å²) in [5.74, 6) is 1.52. The number of carbonyl (C=O) groups excluding carboxylic acids is 2. The average Bonchev–Trinajstić information content (AvgIpc) is 3.07. The summed E-state index contributed by atoms with van der Waals surface area (Å²) in [6.45, 7) is 4.19. The smallest absolute Gasteiger partial charge is 0.203 e. The maximum absolute atomic E-state index is 13.6. The van der Waals surface area contributed by atoms with Crippen molar-refractivity contribution in [2.45, 2.75) is 32.7 Å². The second kappa shape index (κ2) is 9.89. The van der Waals surface area contributed by atoms with E-state index in [1.165, 1.54) is 0 Å². The van der Waals surface area contributed by atoms with E-state index in [0.29, 0.717) is 46.8 Å². The number of fused-ring (bicyclic) bond motifs is 1. The highest BCUT2D eigenvalue weighted by molar-refractivity contribution is 6.10. The molecule has 1 heterocycles. The van der Waals surface area contributed by atoms with Gasteiger partial charge in [-0.1, -0.05) is 44.2 Å². The summed E-state index contributed by atoms with van der Waals surface area (Å²) in [4.78, 5) is 26.8. The van der Waals surface area contributed by atoms with E-state index in [4.69, 9.17) is 14.2 Å². The van der Waals surface area contributed by atoms with Crippen LogP contribution in [-0.2, 0) is 4.79 Å². The van der Waals surface area contributed by atoms with E-state index in [1.54, 1.807) is 21.3 Å². The van der Waals surface area contributed by atoms with Crippen molar-refractivity contribution in [3.8, 4) is 17.2 Å². The molecule has 0 unspecified atom stereocenters. The maximum Gasteiger partial charge on any atom is 0.203 e. The first-order chi connectivity index (χ1) is 18.2. The summed E-state index contributed by atoms with van der Waals surface area (Å²) in [6.07, 6.45) is 1.12. The molecule has 0 fully saturated rings. The van der Waals surface area contributed by atoms with Crippen molar-refractivity contribution < 1.29 is 23.8 Å². The van der Waals surface area contributed by atoms with Gasteiger partial charge in [0.1, 0.15) is 0 Å². The summed E-state index contributed by atoms with van der Waals surface area (Å²) in [7, 11) is 4.71. The van der Waals surface area contributed by atoms with Gasteiger partial charge in [0.15, 0.2) is 23.1 Å². The predicted molar refractivity (Wildman–Crippen MR) is 147 cm³/mol. The first kappa shape index (κ1) is 25.4. The topological polar surface area (TPSA) is 85.9 Å². The van der Waals surface area contributed by atoms with Crippen LogP contribution in [0.4, 0.5) is 11.4 Å². The van der Waals surface area contributed by atoms with E-state index in [-0.39, 0.29) is 17.0 Å². The van der Waals surface area contributed by atoms with Gasteiger partial charge in [-0.3, -0.25) is 9.59 Å². The van der Waals surface area contributed by atoms with Crippen LogP contribution in [0.1, 0.15) is 54.2 Å². The number of allylic oxidation sites excluding steroid dienone is 1. The highest BCUT2D eigenvalue weighted by Crippen LogP contribution is 2.48. The molecule has 0 radical (unpaired) electrons. The Morgan fingerprint density at radius 3 is 2.16 bits per heavy atom. The van der Waals surface area contributed by atoms with Crippen LogP contribution in [0.15, 0.2) is 71.9 Å². The first-order valence-corrected chi connectivity index (χ1v) is 12.6. The standard InChI is InChI=1S/C31H32N2O5/c1-31(2)16-23-27(24(34)17-31)28(20-14-25(36-3)30(38-5)26(15-20)37-4)33-21-12-11-19(13-22(21)32-23)29(35)18-9-7-6-8-10-18/h6-15,28,32-33H,16-17H2,1-5H3/t28-/m1/s1. The second-order valence-electron chi connectivity index (χ2n) is 10.4. The first-order valence-electron chi connectivity index (χ1n) is 12.6. The predicted octanol–water partition coefficient (Wildman–Crippen LogP) is 6.17. The highest BCUT2D eigenvalue weighted by atomic mass is 16.5. The molecular formula is C31H32N2O5. The molecule has 2 aliphatic rings. The Bertz CT molecular complexity index is 1420. The lowest BCUT2D eigenvalue weighted by Gasteiger charge is -2.34. The fraction of sp³-hybridized carbons (Fsp3) is 0.290. The van der Waals surface area contributed by atoms with E-state index in [0.717, 1.165) is 22.6 Å². The molecule has 1 aliphatic carbocycles. The van der Waals surface area contributed by atoms with Gasteiger partial charge in [0.2, 0.25) is 5.75 Å². The molecule has 3 aromatic carbocycles. The average molecular weight is 513 g/mol. The van der Waals surface area contributed by atoms with Crippen molar-refractivity contribution in [2.24, 2.45) is 5.41 Å². The maximum atomic E-state index is 13.6. The number of Topliss-reactive ketones (excluding diaryl/α,β-unsaturated/α-hetero) is 1. The molecule has 7 heteroatoms. The zero-order valence-corrected chi connectivity index (χ0v) is 22.3. The Morgan fingerprint density at radius 2 is 1.53 bits per heavy atom. The molecule has 0 aromatic heterocycles. The second-order valence-corrected chi connectivity index (χ2v) is 10.4. The summed E-state index contributed by atoms with van der Waals surface area (Å²) >= 11 is 0. The number of ether oxygens (including phenoxy) is 3. The minimum absolute atomic E-state index is 0.0603. The molecule has 1 atom stereocenters. The van der Waals surface area contributed by atoms with Gasteiger partial charge in [-0.05, 0) is 47.7 Å². The number of hydrogen-bond acceptors (Lipinski definition) is 7. The lowest BCUT2D eigenvalue weighted by atomic mass is 9.73. The number of ketones is 2. The van der Waals surface area contributed by atoms with Crippen LogP contribution in [-0.4, -0.2) is 32.9 Å². The summed E-state index contributed by atoms with van der Waals surface area (Å²) in [5, 5.41) is 7.10. The van der Waals surface area contributed by atoms with Gasteiger partial charge < -0.3 is 24.8 Å². The Hall–Kier alpha value is -4.26. The molecule has 0 amide bonds. The fourth-order valence-electron chi connectivity index (χ4n) is 5.36. The van der Waals surface area contributed by atoms with Gasteiger partial charge in [0, 0.05) is 28.8 Å². The van der Waals surface area contributed by atoms with Gasteiger partial charge >= 0.3 is 0 Å². The molecule has 0 saturated heterocycles. The third-order valence-electron chi connectivity index (χ3n) is 7.13. The number of nitrogens with one attached hydrogen (secondary N) is 2. The number of methoxy groups -OCH3 is 3. The van der Waals surface area contributed by atoms with Crippen LogP contribution in [0.5, 0.6) is 17.2 Å². The molecule has 7 nitrogen and oxygen atoms in total. The van der Waals surface area contributed by atoms with Crippen molar-refractivity contribution in [3.63, 3.8) is 0 Å². The fourth-order valence-corrected chi connectivity index (χ4v) is 5.36. The van der Waals surface area contributed by atoms with Crippen LogP contribution in [0.3, 0.4) is 0 Å². The normalized spacial score (nSPS) is 17.8. The van der Waals surface area contributed by atoms with Crippen molar-refractivity contribution >= 4 is 22.9 Å². The minimum Gasteiger partial charge on any atom is -0.493 e. The molecule has 0 bridgehead atoms. The van der Waals surface area contributed by atoms with Crippen LogP contribution in [0.2, 0.25) is 0 Å². The quantitative estimate of drug-likeness (QED) is 0.382. The van der Waals surface area contributed by atoms with E-state index < -0.39 is 6.04 Å². The van der Waals surface area contributed by atoms with E-state index >= 15 is 0 Å². The van der Waals surface area contributed by atoms with Crippen molar-refractivity contribution in [3.05, 3.63) is 88.6 Å². The molecule has 0 spiro atoms. The molecule has 3 aromatic rings. The van der Waals surface area contributed by atoms with Gasteiger partial charge in [-0.15, -0.1) is 0 Å². The van der Waals surface area contributed by atoms with E-state index in [2.05, 4.69) is 24.5 Å². The molecule has 5 rings (SSSR count). The van der Waals surface area contributed by atoms with Gasteiger partial charge in [-0.2, -0.15) is 0 Å². The van der Waals surface area contributed by atoms with E-state index in [9.17, 15) is 9.59 Å². The SMILES string of the molecule is COc1cc([C@H]2Nc3ccc(C(=O)c4ccccc4)cc3NC3=C2C(=O)CC(C)(C)C3)cc(OC)c1OC. The Balaban J connectivity index is 1.65. The molecule has 1 aliphatic heterocycles. The van der Waals surface area contributed by atoms with Gasteiger partial charge in [-0.25, -0.2) is 0 Å². The summed E-state index contributed by atoms with van der Waals surface area (Å²) in [5.41, 5.74) is 4.85. The monoisotopic (exact) mass is 512 g/mol. The van der Waals surface area contributed by atoms with Crippen LogP contribution >= 0.6 is 0 Å². The van der Waals surface area contributed by atoms with Gasteiger partial charge in [0.05, 0.1) is 38.7 Å². The lowest BCUT2D eigenvalue weighted by Crippen LogP contribution is -2.31. The summed E-state index contributed by atoms with van der Waals surface area (Å²) in [6, 6.07) is 18.0. The zero-order valence-electron chi connectivity index (χ0n) is 22.3. The van der Waals surface area contributed by atoms with Crippen molar-refractivity contribution in [1.29, 1.82) is 0 Å². The van der Waals surface area contributed by atoms with E-state index in [1.807, 2.05) is 60.7 Å². The molecule has 38 heavy (non-hydrogen) atoms. The number of hydrogen-bond donors (Lipinski definition) is 2. The van der Waals surface area contributed by atoms with Crippen molar-refractivity contribution in [2.75, 3.05) is 32.0 Å². The minimum atomic E-state index is -0.466. The number of carbonyl (C=O) groups is 2. The van der Waals surface area contributed by atoms with Crippen molar-refractivity contribution in [1.82, 2.24) is 0 Å². The lowest BCUT2D eigenvalue weighted by molar-refractivity contribution is -0.118. The Kier molecular flexibility index (Phi) is 6.61. The third-order valence-corrected chi connectivity index (χ3v) is 7.13. The van der Waals surface area contributed by atoms with Crippen LogP contribution in [0.25, 0.3) is 0 Å². The third kappa shape index (κ3) is 4.60. The van der Waals surface area contributed by atoms with Crippen LogP contribution < -0.4 is 24.8 Å². The number of rotatable bonds is 6. The molecular weight excluding hydrogens is 480 g/mol. The highest BCUT2D eigenvalue weighted by Gasteiger charge is 2.39. The zero-order chi connectivity index (χ0) is 27.0. The largest absolute Gasteiger partial charge is 0.493 e. The van der Waals surface area contributed by atoms with Crippen LogP contribution in [0, 0.1) is 5.41 Å². The van der Waals surface area contributed by atoms with Gasteiger partial charge in [0.25, 0.3) is 0 Å². The summed E-state index contributed by atoms with van der Waals surface area (Å²) < 4.78 is 16.7.